The molecule has 5 nitrogen and oxygen atoms in total. The quantitative estimate of drug-likeness (QED) is 0.335. The maximum atomic E-state index is 12.8. The van der Waals surface area contributed by atoms with Gasteiger partial charge < -0.3 is 16.0 Å². The van der Waals surface area contributed by atoms with Gasteiger partial charge in [0.15, 0.2) is 5.96 Å². The number of benzene rings is 1. The van der Waals surface area contributed by atoms with Crippen molar-refractivity contribution in [3.8, 4) is 0 Å². The summed E-state index contributed by atoms with van der Waals surface area (Å²) in [5, 5.41) is 2.92. The van der Waals surface area contributed by atoms with E-state index >= 15 is 0 Å². The normalized spacial score (nSPS) is 16.6. The summed E-state index contributed by atoms with van der Waals surface area (Å²) < 4.78 is 38.5. The highest BCUT2D eigenvalue weighted by atomic mass is 19.4. The predicted molar refractivity (Wildman–Crippen MR) is 99.4 cm³/mol. The first-order chi connectivity index (χ1) is 12.4. The Morgan fingerprint density at radius 1 is 1.27 bits per heavy atom. The average molecular weight is 369 g/mol. The molecule has 0 unspecified atom stereocenters. The van der Waals surface area contributed by atoms with E-state index < -0.39 is 11.7 Å². The van der Waals surface area contributed by atoms with E-state index in [1.807, 2.05) is 4.90 Å². The first-order valence-electron chi connectivity index (χ1n) is 8.69. The molecule has 1 fully saturated rings. The van der Waals surface area contributed by atoms with Crippen molar-refractivity contribution in [3.05, 3.63) is 42.5 Å². The lowest BCUT2D eigenvalue weighted by molar-refractivity contribution is -0.137. The second-order valence-electron chi connectivity index (χ2n) is 6.17. The third-order valence-electron chi connectivity index (χ3n) is 4.25. The number of nitrogens with one attached hydrogen (secondary N) is 1. The number of guanidine groups is 1. The van der Waals surface area contributed by atoms with Crippen LogP contribution in [0, 0.1) is 0 Å². The van der Waals surface area contributed by atoms with Crippen molar-refractivity contribution in [3.63, 3.8) is 0 Å². The average Bonchev–Trinajstić information content (AvgIpc) is 2.63. The lowest BCUT2D eigenvalue weighted by Gasteiger charge is -2.36. The molecule has 144 valence electrons. The molecule has 3 N–H and O–H groups in total. The van der Waals surface area contributed by atoms with Crippen LogP contribution in [0.1, 0.15) is 12.0 Å². The Balaban J connectivity index is 1.75. The summed E-state index contributed by atoms with van der Waals surface area (Å²) in [5.74, 6) is 0.416. The number of nitrogens with two attached hydrogens (primary N) is 1. The van der Waals surface area contributed by atoms with Gasteiger partial charge in [0.2, 0.25) is 0 Å². The van der Waals surface area contributed by atoms with Crippen LogP contribution in [0.4, 0.5) is 18.9 Å². The molecule has 0 aliphatic carbocycles. The Morgan fingerprint density at radius 3 is 2.65 bits per heavy atom. The Morgan fingerprint density at radius 2 is 2.00 bits per heavy atom. The van der Waals surface area contributed by atoms with E-state index in [0.29, 0.717) is 37.8 Å². The van der Waals surface area contributed by atoms with Gasteiger partial charge in [-0.2, -0.15) is 13.2 Å². The number of piperazine rings is 1. The minimum atomic E-state index is -4.30. The standard InChI is InChI=1S/C18H26F3N5/c1-2-7-23-17(22)24-8-4-9-25-10-12-26(13-11-25)16-6-3-5-15(14-16)18(19,20)21/h2-3,5-6,14H,1,4,7-13H2,(H3,22,23,24). The number of alkyl halides is 3. The topological polar surface area (TPSA) is 56.9 Å². The molecular formula is C18H26F3N5. The van der Waals surface area contributed by atoms with E-state index in [9.17, 15) is 13.2 Å². The van der Waals surface area contributed by atoms with E-state index in [1.54, 1.807) is 12.1 Å². The van der Waals surface area contributed by atoms with Crippen LogP contribution in [-0.2, 0) is 6.18 Å². The molecule has 26 heavy (non-hydrogen) atoms. The van der Waals surface area contributed by atoms with E-state index in [1.165, 1.54) is 12.1 Å². The number of hydrogen-bond acceptors (Lipinski definition) is 3. The molecule has 0 radical (unpaired) electrons. The molecule has 0 bridgehead atoms. The van der Waals surface area contributed by atoms with Gasteiger partial charge in [0, 0.05) is 51.5 Å². The smallest absolute Gasteiger partial charge is 0.370 e. The zero-order valence-corrected chi connectivity index (χ0v) is 14.8. The van der Waals surface area contributed by atoms with Gasteiger partial charge in [-0.15, -0.1) is 6.58 Å². The summed E-state index contributed by atoms with van der Waals surface area (Å²) in [6.07, 6.45) is -1.70. The van der Waals surface area contributed by atoms with Gasteiger partial charge in [-0.1, -0.05) is 12.1 Å². The van der Waals surface area contributed by atoms with Crippen LogP contribution in [0.15, 0.2) is 41.9 Å². The van der Waals surface area contributed by atoms with Crippen molar-refractivity contribution in [2.24, 2.45) is 10.7 Å². The third-order valence-corrected chi connectivity index (χ3v) is 4.25. The predicted octanol–water partition coefficient (Wildman–Crippen LogP) is 2.31. The highest BCUT2D eigenvalue weighted by Gasteiger charge is 2.31. The lowest BCUT2D eigenvalue weighted by atomic mass is 10.1. The second kappa shape index (κ2) is 9.47. The summed E-state index contributed by atoms with van der Waals surface area (Å²) in [5.41, 5.74) is 5.73. The van der Waals surface area contributed by atoms with Crippen LogP contribution in [0.2, 0.25) is 0 Å². The molecule has 1 heterocycles. The molecule has 8 heteroatoms. The molecule has 0 atom stereocenters. The number of nitrogens with zero attached hydrogens (tertiary/aromatic N) is 3. The van der Waals surface area contributed by atoms with Crippen LogP contribution in [0.5, 0.6) is 0 Å². The first-order valence-corrected chi connectivity index (χ1v) is 8.69. The molecule has 1 aromatic rings. The summed E-state index contributed by atoms with van der Waals surface area (Å²) in [6.45, 7) is 8.80. The van der Waals surface area contributed by atoms with Crippen molar-refractivity contribution in [1.82, 2.24) is 10.2 Å². The van der Waals surface area contributed by atoms with E-state index in [4.69, 9.17) is 5.73 Å². The van der Waals surface area contributed by atoms with Gasteiger partial charge in [0.05, 0.1) is 5.56 Å². The Kier molecular flexibility index (Phi) is 7.32. The molecule has 0 aromatic heterocycles. The molecule has 2 rings (SSSR count). The highest BCUT2D eigenvalue weighted by Crippen LogP contribution is 2.31. The maximum absolute atomic E-state index is 12.8. The number of hydrogen-bond donors (Lipinski definition) is 2. The van der Waals surface area contributed by atoms with E-state index in [2.05, 4.69) is 21.8 Å². The van der Waals surface area contributed by atoms with Gasteiger partial charge >= 0.3 is 6.18 Å². The molecule has 0 saturated carbocycles. The summed E-state index contributed by atoms with van der Waals surface area (Å²) in [4.78, 5) is 8.53. The molecule has 1 saturated heterocycles. The monoisotopic (exact) mass is 369 g/mol. The van der Waals surface area contributed by atoms with E-state index in [0.717, 1.165) is 32.1 Å². The SMILES string of the molecule is C=CCNC(N)=NCCCN1CCN(c2cccc(C(F)(F)F)c2)CC1. The van der Waals surface area contributed by atoms with Crippen LogP contribution in [-0.4, -0.2) is 56.7 Å². The summed E-state index contributed by atoms with van der Waals surface area (Å²) in [6, 6.07) is 5.53. The van der Waals surface area contributed by atoms with Crippen molar-refractivity contribution in [2.45, 2.75) is 12.6 Å². The maximum Gasteiger partial charge on any atom is 0.416 e. The molecule has 1 aliphatic heterocycles. The molecule has 1 aliphatic rings. The van der Waals surface area contributed by atoms with Crippen molar-refractivity contribution >= 4 is 11.6 Å². The van der Waals surface area contributed by atoms with E-state index in [-0.39, 0.29) is 0 Å². The van der Waals surface area contributed by atoms with Gasteiger partial charge in [0.25, 0.3) is 0 Å². The largest absolute Gasteiger partial charge is 0.416 e. The van der Waals surface area contributed by atoms with Gasteiger partial charge in [-0.25, -0.2) is 0 Å². The van der Waals surface area contributed by atoms with Crippen molar-refractivity contribution < 1.29 is 13.2 Å². The Labute approximate surface area is 152 Å². The lowest BCUT2D eigenvalue weighted by Crippen LogP contribution is -2.46. The van der Waals surface area contributed by atoms with Gasteiger partial charge in [0.1, 0.15) is 0 Å². The van der Waals surface area contributed by atoms with Crippen molar-refractivity contribution in [2.75, 3.05) is 50.7 Å². The van der Waals surface area contributed by atoms with Crippen LogP contribution in [0.3, 0.4) is 0 Å². The summed E-state index contributed by atoms with van der Waals surface area (Å²) in [7, 11) is 0. The fourth-order valence-corrected chi connectivity index (χ4v) is 2.84. The van der Waals surface area contributed by atoms with Gasteiger partial charge in [-0.05, 0) is 24.6 Å². The molecule has 0 amide bonds. The number of halogens is 3. The molecule has 1 aromatic carbocycles. The third kappa shape index (κ3) is 6.25. The zero-order chi connectivity index (χ0) is 19.0. The van der Waals surface area contributed by atoms with Crippen LogP contribution >= 0.6 is 0 Å². The summed E-state index contributed by atoms with van der Waals surface area (Å²) >= 11 is 0. The first kappa shape index (κ1) is 20.1. The number of aliphatic imine (C=N–C) groups is 1. The minimum Gasteiger partial charge on any atom is -0.370 e. The fourth-order valence-electron chi connectivity index (χ4n) is 2.84. The zero-order valence-electron chi connectivity index (χ0n) is 14.8. The van der Waals surface area contributed by atoms with Crippen LogP contribution in [0.25, 0.3) is 0 Å². The Bertz CT molecular complexity index is 607. The Hall–Kier alpha value is -2.22. The minimum absolute atomic E-state index is 0.416. The van der Waals surface area contributed by atoms with Crippen molar-refractivity contribution in [1.29, 1.82) is 0 Å². The fraction of sp³-hybridized carbons (Fsp3) is 0.500. The number of anilines is 1. The van der Waals surface area contributed by atoms with Gasteiger partial charge in [-0.3, -0.25) is 9.89 Å². The van der Waals surface area contributed by atoms with Crippen LogP contribution < -0.4 is 16.0 Å². The molecular weight excluding hydrogens is 343 g/mol. The molecule has 0 spiro atoms. The highest BCUT2D eigenvalue weighted by molar-refractivity contribution is 5.77. The second-order valence-corrected chi connectivity index (χ2v) is 6.17. The number of rotatable bonds is 7.